The summed E-state index contributed by atoms with van der Waals surface area (Å²) in [5.74, 6) is 0.211. The molecule has 1 aromatic carbocycles. The van der Waals surface area contributed by atoms with Crippen LogP contribution in [-0.2, 0) is 12.0 Å². The molecule has 0 aliphatic rings. The van der Waals surface area contributed by atoms with Crippen LogP contribution in [-0.4, -0.2) is 4.98 Å². The summed E-state index contributed by atoms with van der Waals surface area (Å²) in [6.07, 6.45) is 0. The number of hydrogen-bond donors (Lipinski definition) is 1. The Labute approximate surface area is 128 Å². The summed E-state index contributed by atoms with van der Waals surface area (Å²) in [5.41, 5.74) is 7.36. The van der Waals surface area contributed by atoms with Crippen LogP contribution in [0.1, 0.15) is 32.0 Å². The fourth-order valence-electron chi connectivity index (χ4n) is 1.77. The van der Waals surface area contributed by atoms with Crippen molar-refractivity contribution in [2.75, 3.05) is 0 Å². The highest BCUT2D eigenvalue weighted by atomic mass is 35.5. The molecule has 0 saturated carbocycles. The molecule has 5 heteroatoms. The van der Waals surface area contributed by atoms with Crippen molar-refractivity contribution in [3.63, 3.8) is 0 Å². The molecular formula is C16H18ClFN2O. The predicted octanol–water partition coefficient (Wildman–Crippen LogP) is 4.42. The van der Waals surface area contributed by atoms with Crippen molar-refractivity contribution in [2.45, 2.75) is 32.7 Å². The molecule has 21 heavy (non-hydrogen) atoms. The summed E-state index contributed by atoms with van der Waals surface area (Å²) < 4.78 is 19.1. The first-order chi connectivity index (χ1) is 9.79. The normalized spacial score (nSPS) is 11.5. The minimum absolute atomic E-state index is 0.0569. The zero-order chi connectivity index (χ0) is 15.6. The van der Waals surface area contributed by atoms with E-state index < -0.39 is 5.82 Å². The van der Waals surface area contributed by atoms with Gasteiger partial charge in [0.2, 0.25) is 5.88 Å². The van der Waals surface area contributed by atoms with E-state index in [1.54, 1.807) is 12.1 Å². The fraction of sp³-hybridized carbons (Fsp3) is 0.312. The summed E-state index contributed by atoms with van der Waals surface area (Å²) in [6.45, 7) is 6.56. The third kappa shape index (κ3) is 3.93. The van der Waals surface area contributed by atoms with Crippen molar-refractivity contribution < 1.29 is 9.13 Å². The molecule has 0 radical (unpaired) electrons. The lowest BCUT2D eigenvalue weighted by Gasteiger charge is -2.19. The Kier molecular flexibility index (Phi) is 4.49. The van der Waals surface area contributed by atoms with Gasteiger partial charge in [-0.2, -0.15) is 0 Å². The van der Waals surface area contributed by atoms with Crippen molar-refractivity contribution in [3.8, 4) is 11.6 Å². The summed E-state index contributed by atoms with van der Waals surface area (Å²) in [7, 11) is 0. The van der Waals surface area contributed by atoms with Gasteiger partial charge in [0.15, 0.2) is 0 Å². The lowest BCUT2D eigenvalue weighted by Crippen LogP contribution is -2.15. The van der Waals surface area contributed by atoms with E-state index in [0.717, 1.165) is 11.3 Å². The standard InChI is InChI=1S/C16H18ClFN2O/c1-16(2,3)14-6-10(9-19)7-15(20-14)21-11-4-5-12(17)13(18)8-11/h4-8H,9,19H2,1-3H3. The summed E-state index contributed by atoms with van der Waals surface area (Å²) in [5, 5.41) is 0.0569. The average Bonchev–Trinajstić information content (AvgIpc) is 2.41. The number of aromatic nitrogens is 1. The van der Waals surface area contributed by atoms with Gasteiger partial charge < -0.3 is 10.5 Å². The number of ether oxygens (including phenoxy) is 1. The van der Waals surface area contributed by atoms with Crippen LogP contribution in [0.25, 0.3) is 0 Å². The molecule has 0 atom stereocenters. The largest absolute Gasteiger partial charge is 0.439 e. The zero-order valence-electron chi connectivity index (χ0n) is 12.3. The molecule has 1 aromatic heterocycles. The topological polar surface area (TPSA) is 48.1 Å². The Morgan fingerprint density at radius 2 is 1.95 bits per heavy atom. The number of pyridine rings is 1. The first kappa shape index (κ1) is 15.7. The van der Waals surface area contributed by atoms with Crippen LogP contribution in [0.4, 0.5) is 4.39 Å². The number of nitrogens with zero attached hydrogens (tertiary/aromatic N) is 1. The van der Waals surface area contributed by atoms with E-state index in [1.165, 1.54) is 12.1 Å². The lowest BCUT2D eigenvalue weighted by molar-refractivity contribution is 0.447. The molecule has 0 unspecified atom stereocenters. The lowest BCUT2D eigenvalue weighted by atomic mass is 9.91. The van der Waals surface area contributed by atoms with Crippen LogP contribution in [0.2, 0.25) is 5.02 Å². The minimum Gasteiger partial charge on any atom is -0.439 e. The van der Waals surface area contributed by atoms with E-state index in [4.69, 9.17) is 22.1 Å². The monoisotopic (exact) mass is 308 g/mol. The van der Waals surface area contributed by atoms with Gasteiger partial charge >= 0.3 is 0 Å². The molecule has 0 amide bonds. The Hall–Kier alpha value is -1.65. The van der Waals surface area contributed by atoms with E-state index in [9.17, 15) is 4.39 Å². The van der Waals surface area contributed by atoms with Crippen molar-refractivity contribution in [2.24, 2.45) is 5.73 Å². The number of benzene rings is 1. The van der Waals surface area contributed by atoms with Gasteiger partial charge in [0.05, 0.1) is 10.7 Å². The third-order valence-electron chi connectivity index (χ3n) is 2.98. The van der Waals surface area contributed by atoms with Gasteiger partial charge in [-0.25, -0.2) is 9.37 Å². The molecule has 2 aromatic rings. The fourth-order valence-corrected chi connectivity index (χ4v) is 1.89. The van der Waals surface area contributed by atoms with Crippen molar-refractivity contribution in [1.82, 2.24) is 4.98 Å². The predicted molar refractivity (Wildman–Crippen MR) is 82.3 cm³/mol. The molecule has 0 spiro atoms. The second kappa shape index (κ2) is 6.00. The first-order valence-electron chi connectivity index (χ1n) is 6.64. The van der Waals surface area contributed by atoms with Crippen molar-refractivity contribution >= 4 is 11.6 Å². The van der Waals surface area contributed by atoms with Gasteiger partial charge in [0, 0.05) is 24.1 Å². The number of rotatable bonds is 3. The number of halogens is 2. The van der Waals surface area contributed by atoms with E-state index in [0.29, 0.717) is 18.2 Å². The van der Waals surface area contributed by atoms with Gasteiger partial charge in [-0.15, -0.1) is 0 Å². The second-order valence-electron chi connectivity index (χ2n) is 5.83. The minimum atomic E-state index is -0.528. The number of nitrogens with two attached hydrogens (primary N) is 1. The Morgan fingerprint density at radius 3 is 2.52 bits per heavy atom. The molecule has 3 nitrogen and oxygen atoms in total. The molecule has 0 aliphatic carbocycles. The van der Waals surface area contributed by atoms with Gasteiger partial charge in [0.1, 0.15) is 11.6 Å². The maximum Gasteiger partial charge on any atom is 0.219 e. The summed E-state index contributed by atoms with van der Waals surface area (Å²) >= 11 is 5.65. The SMILES string of the molecule is CC(C)(C)c1cc(CN)cc(Oc2ccc(Cl)c(F)c2)n1. The molecule has 1 heterocycles. The smallest absolute Gasteiger partial charge is 0.219 e. The molecule has 0 aliphatic heterocycles. The zero-order valence-corrected chi connectivity index (χ0v) is 13.0. The van der Waals surface area contributed by atoms with Crippen LogP contribution in [0, 0.1) is 5.82 Å². The second-order valence-corrected chi connectivity index (χ2v) is 6.24. The highest BCUT2D eigenvalue weighted by Gasteiger charge is 2.17. The highest BCUT2D eigenvalue weighted by molar-refractivity contribution is 6.30. The van der Waals surface area contributed by atoms with Gasteiger partial charge in [-0.05, 0) is 23.8 Å². The maximum atomic E-state index is 13.4. The molecule has 2 N–H and O–H groups in total. The molecular weight excluding hydrogens is 291 g/mol. The summed E-state index contributed by atoms with van der Waals surface area (Å²) in [4.78, 5) is 4.47. The Morgan fingerprint density at radius 1 is 1.24 bits per heavy atom. The number of hydrogen-bond acceptors (Lipinski definition) is 3. The molecule has 0 bridgehead atoms. The maximum absolute atomic E-state index is 13.4. The van der Waals surface area contributed by atoms with Gasteiger partial charge in [0.25, 0.3) is 0 Å². The molecule has 112 valence electrons. The molecule has 2 rings (SSSR count). The van der Waals surface area contributed by atoms with Crippen LogP contribution < -0.4 is 10.5 Å². The molecule has 0 fully saturated rings. The third-order valence-corrected chi connectivity index (χ3v) is 3.29. The van der Waals surface area contributed by atoms with Crippen LogP contribution >= 0.6 is 11.6 Å². The van der Waals surface area contributed by atoms with E-state index >= 15 is 0 Å². The Bertz CT molecular complexity index is 653. The first-order valence-corrected chi connectivity index (χ1v) is 7.02. The van der Waals surface area contributed by atoms with Gasteiger partial charge in [-0.1, -0.05) is 32.4 Å². The highest BCUT2D eigenvalue weighted by Crippen LogP contribution is 2.28. The van der Waals surface area contributed by atoms with Crippen LogP contribution in [0.3, 0.4) is 0 Å². The average molecular weight is 309 g/mol. The van der Waals surface area contributed by atoms with Crippen LogP contribution in [0.15, 0.2) is 30.3 Å². The van der Waals surface area contributed by atoms with E-state index in [1.807, 2.05) is 6.07 Å². The van der Waals surface area contributed by atoms with Crippen molar-refractivity contribution in [1.29, 1.82) is 0 Å². The summed E-state index contributed by atoms with van der Waals surface area (Å²) in [6, 6.07) is 7.98. The quantitative estimate of drug-likeness (QED) is 0.913. The van der Waals surface area contributed by atoms with Gasteiger partial charge in [-0.3, -0.25) is 0 Å². The van der Waals surface area contributed by atoms with Crippen LogP contribution in [0.5, 0.6) is 11.6 Å². The van der Waals surface area contributed by atoms with E-state index in [-0.39, 0.29) is 10.4 Å². The molecule has 0 saturated heterocycles. The van der Waals surface area contributed by atoms with Crippen molar-refractivity contribution in [3.05, 3.63) is 52.4 Å². The Balaban J connectivity index is 2.36. The van der Waals surface area contributed by atoms with E-state index in [2.05, 4.69) is 25.8 Å².